The van der Waals surface area contributed by atoms with E-state index in [0.717, 1.165) is 30.1 Å². The molecule has 4 aliphatic carbocycles. The zero-order valence-electron chi connectivity index (χ0n) is 17.9. The Morgan fingerprint density at radius 3 is 2.56 bits per heavy atom. The fourth-order valence-electron chi connectivity index (χ4n) is 8.52. The minimum absolute atomic E-state index is 0.0461. The second-order valence-corrected chi connectivity index (χ2v) is 11.0. The highest BCUT2D eigenvalue weighted by atomic mass is 16.5. The molecule has 0 saturated heterocycles. The third-order valence-electron chi connectivity index (χ3n) is 10.2. The van der Waals surface area contributed by atoms with Crippen molar-refractivity contribution in [3.05, 3.63) is 0 Å². The van der Waals surface area contributed by atoms with Crippen molar-refractivity contribution >= 4 is 5.97 Å². The lowest BCUT2D eigenvalue weighted by atomic mass is 9.42. The first-order valence-electron chi connectivity index (χ1n) is 11.7. The predicted molar refractivity (Wildman–Crippen MR) is 109 cm³/mol. The van der Waals surface area contributed by atoms with Gasteiger partial charge >= 0.3 is 5.97 Å². The van der Waals surface area contributed by atoms with E-state index < -0.39 is 0 Å². The average molecular weight is 376 g/mol. The Morgan fingerprint density at radius 2 is 1.78 bits per heavy atom. The molecule has 7 atom stereocenters. The summed E-state index contributed by atoms with van der Waals surface area (Å²) >= 11 is 0. The van der Waals surface area contributed by atoms with E-state index in [1.54, 1.807) is 0 Å². The summed E-state index contributed by atoms with van der Waals surface area (Å²) in [7, 11) is 1.50. The lowest BCUT2D eigenvalue weighted by Crippen LogP contribution is -2.65. The zero-order chi connectivity index (χ0) is 19.3. The van der Waals surface area contributed by atoms with Crippen molar-refractivity contribution in [1.82, 2.24) is 0 Å². The third kappa shape index (κ3) is 2.98. The molecule has 0 heterocycles. The van der Waals surface area contributed by atoms with Crippen LogP contribution < -0.4 is 5.73 Å². The molecule has 0 aromatic carbocycles. The van der Waals surface area contributed by atoms with Crippen LogP contribution in [0.1, 0.15) is 97.3 Å². The highest BCUT2D eigenvalue weighted by Gasteiger charge is 2.62. The van der Waals surface area contributed by atoms with E-state index >= 15 is 0 Å². The van der Waals surface area contributed by atoms with E-state index in [1.807, 2.05) is 0 Å². The van der Waals surface area contributed by atoms with Gasteiger partial charge in [-0.05, 0) is 98.7 Å². The third-order valence-corrected chi connectivity index (χ3v) is 10.2. The van der Waals surface area contributed by atoms with Crippen LogP contribution in [0.5, 0.6) is 0 Å². The highest BCUT2D eigenvalue weighted by molar-refractivity contribution is 5.68. The van der Waals surface area contributed by atoms with Crippen LogP contribution in [-0.4, -0.2) is 18.6 Å². The van der Waals surface area contributed by atoms with Crippen LogP contribution in [0.25, 0.3) is 0 Å². The van der Waals surface area contributed by atoms with E-state index in [9.17, 15) is 4.79 Å². The van der Waals surface area contributed by atoms with Crippen molar-refractivity contribution < 1.29 is 9.53 Å². The number of hydrogen-bond donors (Lipinski definition) is 1. The van der Waals surface area contributed by atoms with E-state index in [-0.39, 0.29) is 11.5 Å². The van der Waals surface area contributed by atoms with Gasteiger partial charge in [-0.1, -0.05) is 26.7 Å². The van der Waals surface area contributed by atoms with Crippen molar-refractivity contribution in [3.8, 4) is 0 Å². The van der Waals surface area contributed by atoms with Gasteiger partial charge in [0.1, 0.15) is 0 Å². The summed E-state index contributed by atoms with van der Waals surface area (Å²) in [4.78, 5) is 11.5. The van der Waals surface area contributed by atoms with Gasteiger partial charge in [-0.25, -0.2) is 0 Å². The molecule has 7 unspecified atom stereocenters. The van der Waals surface area contributed by atoms with Crippen LogP contribution in [0, 0.1) is 34.5 Å². The smallest absolute Gasteiger partial charge is 0.305 e. The monoisotopic (exact) mass is 375 g/mol. The van der Waals surface area contributed by atoms with Gasteiger partial charge in [0.25, 0.3) is 0 Å². The van der Waals surface area contributed by atoms with E-state index in [4.69, 9.17) is 10.5 Å². The van der Waals surface area contributed by atoms with Crippen molar-refractivity contribution in [3.63, 3.8) is 0 Å². The summed E-state index contributed by atoms with van der Waals surface area (Å²) in [5.74, 6) is 3.40. The molecule has 3 nitrogen and oxygen atoms in total. The van der Waals surface area contributed by atoms with Gasteiger partial charge < -0.3 is 10.5 Å². The van der Waals surface area contributed by atoms with Crippen LogP contribution in [0.4, 0.5) is 0 Å². The molecule has 4 rings (SSSR count). The summed E-state index contributed by atoms with van der Waals surface area (Å²) in [5.41, 5.74) is 8.05. The highest BCUT2D eigenvalue weighted by Crippen LogP contribution is 2.68. The average Bonchev–Trinajstić information content (AvgIpc) is 2.98. The Kier molecular flexibility index (Phi) is 5.15. The van der Waals surface area contributed by atoms with Crippen molar-refractivity contribution in [2.24, 2.45) is 40.2 Å². The molecular weight excluding hydrogens is 334 g/mol. The van der Waals surface area contributed by atoms with Crippen molar-refractivity contribution in [2.75, 3.05) is 7.11 Å². The molecule has 2 N–H and O–H groups in total. The lowest BCUT2D eigenvalue weighted by Gasteiger charge is -2.64. The molecule has 0 bridgehead atoms. The summed E-state index contributed by atoms with van der Waals surface area (Å²) in [6.45, 7) is 5.16. The minimum atomic E-state index is -0.0461. The standard InChI is InChI=1S/C24H41NO2/c1-22-15-12-20-18(11-16-24(25)14-5-4-13-23(20,24)2)19(22)10-9-17(22)7-6-8-21(26)27-3/h17-20H,4-16,25H2,1-3H3. The van der Waals surface area contributed by atoms with Gasteiger partial charge in [0.15, 0.2) is 0 Å². The molecule has 4 saturated carbocycles. The summed E-state index contributed by atoms with van der Waals surface area (Å²) in [6.07, 6.45) is 16.3. The molecule has 0 spiro atoms. The van der Waals surface area contributed by atoms with Gasteiger partial charge in [-0.15, -0.1) is 0 Å². The number of esters is 1. The number of nitrogens with two attached hydrogens (primary N) is 1. The van der Waals surface area contributed by atoms with E-state index in [0.29, 0.717) is 17.3 Å². The van der Waals surface area contributed by atoms with Gasteiger partial charge in [0, 0.05) is 12.0 Å². The maximum atomic E-state index is 11.5. The summed E-state index contributed by atoms with van der Waals surface area (Å²) < 4.78 is 4.84. The number of carbonyl (C=O) groups excluding carboxylic acids is 1. The molecule has 3 heteroatoms. The molecule has 0 aromatic rings. The van der Waals surface area contributed by atoms with Gasteiger partial charge in [0.2, 0.25) is 0 Å². The second-order valence-electron chi connectivity index (χ2n) is 11.0. The van der Waals surface area contributed by atoms with Crippen LogP contribution in [0.2, 0.25) is 0 Å². The number of ether oxygens (including phenoxy) is 1. The number of fused-ring (bicyclic) bond motifs is 5. The molecular formula is C24H41NO2. The van der Waals surface area contributed by atoms with Crippen LogP contribution in [0.3, 0.4) is 0 Å². The number of hydrogen-bond acceptors (Lipinski definition) is 3. The molecule has 0 radical (unpaired) electrons. The Balaban J connectivity index is 1.48. The number of methoxy groups -OCH3 is 1. The predicted octanol–water partition coefficient (Wildman–Crippen LogP) is 5.46. The molecule has 0 aliphatic heterocycles. The summed E-state index contributed by atoms with van der Waals surface area (Å²) in [6, 6.07) is 0. The van der Waals surface area contributed by atoms with Gasteiger partial charge in [-0.3, -0.25) is 4.79 Å². The Bertz CT molecular complexity index is 577. The molecule has 0 amide bonds. The minimum Gasteiger partial charge on any atom is -0.469 e. The largest absolute Gasteiger partial charge is 0.469 e. The van der Waals surface area contributed by atoms with Crippen LogP contribution >= 0.6 is 0 Å². The maximum absolute atomic E-state index is 11.5. The molecule has 4 fully saturated rings. The quantitative estimate of drug-likeness (QED) is 0.664. The van der Waals surface area contributed by atoms with Gasteiger partial charge in [0.05, 0.1) is 7.11 Å². The van der Waals surface area contributed by atoms with Crippen molar-refractivity contribution in [2.45, 2.75) is 103 Å². The van der Waals surface area contributed by atoms with Crippen LogP contribution in [-0.2, 0) is 9.53 Å². The van der Waals surface area contributed by atoms with Gasteiger partial charge in [-0.2, -0.15) is 0 Å². The Hall–Kier alpha value is -0.570. The fraction of sp³-hybridized carbons (Fsp3) is 0.958. The Labute approximate surface area is 166 Å². The van der Waals surface area contributed by atoms with E-state index in [1.165, 1.54) is 77.7 Å². The Morgan fingerprint density at radius 1 is 1.00 bits per heavy atom. The normalized spacial score (nSPS) is 49.0. The molecule has 154 valence electrons. The first kappa shape index (κ1) is 19.7. The first-order valence-corrected chi connectivity index (χ1v) is 11.7. The lowest BCUT2D eigenvalue weighted by molar-refractivity contribution is -0.141. The molecule has 4 aliphatic rings. The maximum Gasteiger partial charge on any atom is 0.305 e. The molecule has 27 heavy (non-hydrogen) atoms. The number of carbonyl (C=O) groups is 1. The topological polar surface area (TPSA) is 52.3 Å². The SMILES string of the molecule is COC(=O)CCCC1CCC2C3CCC4(N)CCCCC4(C)C3CCC12C. The van der Waals surface area contributed by atoms with Crippen molar-refractivity contribution in [1.29, 1.82) is 0 Å². The zero-order valence-corrected chi connectivity index (χ0v) is 17.9. The van der Waals surface area contributed by atoms with E-state index in [2.05, 4.69) is 13.8 Å². The fourth-order valence-corrected chi connectivity index (χ4v) is 8.52. The second kappa shape index (κ2) is 7.04. The first-order chi connectivity index (χ1) is 12.8. The summed E-state index contributed by atoms with van der Waals surface area (Å²) in [5, 5.41) is 0. The number of rotatable bonds is 4. The molecule has 0 aromatic heterocycles. The van der Waals surface area contributed by atoms with Crippen LogP contribution in [0.15, 0.2) is 0 Å².